The summed E-state index contributed by atoms with van der Waals surface area (Å²) in [5.74, 6) is 1.03. The number of hydrogen-bond donors (Lipinski definition) is 1. The fourth-order valence-electron chi connectivity index (χ4n) is 1.61. The van der Waals surface area contributed by atoms with Gasteiger partial charge in [-0.05, 0) is 12.3 Å². The quantitative estimate of drug-likeness (QED) is 0.728. The van der Waals surface area contributed by atoms with E-state index in [-0.39, 0.29) is 5.56 Å². The normalized spacial score (nSPS) is 15.1. The van der Waals surface area contributed by atoms with Gasteiger partial charge in [-0.2, -0.15) is 0 Å². The standard InChI is InChI=1S/C10H15N3O/c1-7(2)8-6-9(14)13-5-3-4-11-10(13)12-8/h6-7H,3-5H2,1-2H3,(H,11,12). The lowest BCUT2D eigenvalue weighted by Crippen LogP contribution is -2.30. The molecule has 1 aliphatic heterocycles. The Labute approximate surface area is 83.0 Å². The maximum absolute atomic E-state index is 11.7. The fourth-order valence-corrected chi connectivity index (χ4v) is 1.61. The summed E-state index contributed by atoms with van der Waals surface area (Å²) in [6, 6.07) is 1.64. The number of anilines is 1. The summed E-state index contributed by atoms with van der Waals surface area (Å²) in [5, 5.41) is 3.15. The lowest BCUT2D eigenvalue weighted by Gasteiger charge is -2.19. The van der Waals surface area contributed by atoms with Crippen LogP contribution in [0.5, 0.6) is 0 Å². The number of hydrogen-bond acceptors (Lipinski definition) is 3. The van der Waals surface area contributed by atoms with E-state index in [1.807, 2.05) is 13.8 Å². The lowest BCUT2D eigenvalue weighted by molar-refractivity contribution is 0.588. The second-order valence-corrected chi connectivity index (χ2v) is 3.93. The van der Waals surface area contributed by atoms with Crippen molar-refractivity contribution in [2.45, 2.75) is 32.7 Å². The highest BCUT2D eigenvalue weighted by Gasteiger charge is 2.13. The molecule has 0 fully saturated rings. The second-order valence-electron chi connectivity index (χ2n) is 3.93. The van der Waals surface area contributed by atoms with Gasteiger partial charge in [0, 0.05) is 19.2 Å². The van der Waals surface area contributed by atoms with E-state index in [1.54, 1.807) is 10.6 Å². The molecule has 0 bridgehead atoms. The van der Waals surface area contributed by atoms with Crippen molar-refractivity contribution in [1.82, 2.24) is 9.55 Å². The molecule has 2 heterocycles. The summed E-state index contributed by atoms with van der Waals surface area (Å²) in [6.07, 6.45) is 0.996. The van der Waals surface area contributed by atoms with Crippen molar-refractivity contribution in [3.05, 3.63) is 22.1 Å². The van der Waals surface area contributed by atoms with Crippen LogP contribution in [-0.2, 0) is 6.54 Å². The summed E-state index contributed by atoms with van der Waals surface area (Å²) in [7, 11) is 0. The van der Waals surface area contributed by atoms with Gasteiger partial charge in [-0.15, -0.1) is 0 Å². The molecule has 2 rings (SSSR count). The molecule has 1 aromatic rings. The molecule has 0 spiro atoms. The molecule has 0 radical (unpaired) electrons. The molecule has 0 amide bonds. The Hall–Kier alpha value is -1.32. The zero-order valence-electron chi connectivity index (χ0n) is 8.58. The van der Waals surface area contributed by atoms with Crippen LogP contribution in [0.2, 0.25) is 0 Å². The Morgan fingerprint density at radius 2 is 2.36 bits per heavy atom. The predicted octanol–water partition coefficient (Wildman–Crippen LogP) is 1.18. The summed E-state index contributed by atoms with van der Waals surface area (Å²) in [6.45, 7) is 5.78. The molecule has 14 heavy (non-hydrogen) atoms. The first kappa shape index (κ1) is 9.24. The smallest absolute Gasteiger partial charge is 0.255 e. The number of nitrogens with zero attached hydrogens (tertiary/aromatic N) is 2. The zero-order valence-corrected chi connectivity index (χ0v) is 8.58. The van der Waals surface area contributed by atoms with E-state index in [0.717, 1.165) is 31.2 Å². The number of aromatic nitrogens is 2. The van der Waals surface area contributed by atoms with Crippen LogP contribution in [0, 0.1) is 0 Å². The van der Waals surface area contributed by atoms with Crippen LogP contribution in [0.15, 0.2) is 10.9 Å². The largest absolute Gasteiger partial charge is 0.355 e. The van der Waals surface area contributed by atoms with Crippen molar-refractivity contribution in [3.63, 3.8) is 0 Å². The number of nitrogens with one attached hydrogen (secondary N) is 1. The van der Waals surface area contributed by atoms with Gasteiger partial charge in [-0.3, -0.25) is 9.36 Å². The van der Waals surface area contributed by atoms with E-state index < -0.39 is 0 Å². The van der Waals surface area contributed by atoms with Gasteiger partial charge in [-0.1, -0.05) is 13.8 Å². The molecule has 76 valence electrons. The first-order valence-electron chi connectivity index (χ1n) is 5.04. The van der Waals surface area contributed by atoms with E-state index in [0.29, 0.717) is 5.92 Å². The van der Waals surface area contributed by atoms with Gasteiger partial charge in [0.2, 0.25) is 5.95 Å². The van der Waals surface area contributed by atoms with E-state index in [4.69, 9.17) is 0 Å². The maximum Gasteiger partial charge on any atom is 0.255 e. The summed E-state index contributed by atoms with van der Waals surface area (Å²) >= 11 is 0. The van der Waals surface area contributed by atoms with Crippen LogP contribution >= 0.6 is 0 Å². The van der Waals surface area contributed by atoms with Crippen molar-refractivity contribution in [2.75, 3.05) is 11.9 Å². The van der Waals surface area contributed by atoms with E-state index in [2.05, 4.69) is 10.3 Å². The Morgan fingerprint density at radius 3 is 3.07 bits per heavy atom. The maximum atomic E-state index is 11.7. The summed E-state index contributed by atoms with van der Waals surface area (Å²) < 4.78 is 1.70. The average Bonchev–Trinajstić information content (AvgIpc) is 2.17. The Morgan fingerprint density at radius 1 is 1.57 bits per heavy atom. The van der Waals surface area contributed by atoms with Crippen LogP contribution < -0.4 is 10.9 Å². The summed E-state index contributed by atoms with van der Waals surface area (Å²) in [4.78, 5) is 16.1. The third kappa shape index (κ3) is 1.52. The molecule has 1 N–H and O–H groups in total. The van der Waals surface area contributed by atoms with Crippen LogP contribution in [0.25, 0.3) is 0 Å². The van der Waals surface area contributed by atoms with Crippen molar-refractivity contribution < 1.29 is 0 Å². The van der Waals surface area contributed by atoms with Crippen LogP contribution in [-0.4, -0.2) is 16.1 Å². The number of fused-ring (bicyclic) bond motifs is 1. The lowest BCUT2D eigenvalue weighted by atomic mass is 10.1. The highest BCUT2D eigenvalue weighted by molar-refractivity contribution is 5.29. The van der Waals surface area contributed by atoms with Crippen LogP contribution in [0.4, 0.5) is 5.95 Å². The Kier molecular flexibility index (Phi) is 2.27. The summed E-state index contributed by atoms with van der Waals surface area (Å²) in [5.41, 5.74) is 0.932. The van der Waals surface area contributed by atoms with Gasteiger partial charge in [-0.25, -0.2) is 4.98 Å². The van der Waals surface area contributed by atoms with Crippen LogP contribution in [0.1, 0.15) is 31.9 Å². The monoisotopic (exact) mass is 193 g/mol. The van der Waals surface area contributed by atoms with Gasteiger partial charge in [0.05, 0.1) is 5.69 Å². The van der Waals surface area contributed by atoms with Crippen LogP contribution in [0.3, 0.4) is 0 Å². The Balaban J connectivity index is 2.52. The van der Waals surface area contributed by atoms with Crippen molar-refractivity contribution in [1.29, 1.82) is 0 Å². The molecule has 0 aromatic carbocycles. The molecule has 0 unspecified atom stereocenters. The third-order valence-electron chi connectivity index (χ3n) is 2.46. The minimum atomic E-state index is 0.0610. The van der Waals surface area contributed by atoms with Crippen molar-refractivity contribution >= 4 is 5.95 Å². The van der Waals surface area contributed by atoms with Gasteiger partial charge < -0.3 is 5.32 Å². The topological polar surface area (TPSA) is 46.9 Å². The van der Waals surface area contributed by atoms with E-state index >= 15 is 0 Å². The van der Waals surface area contributed by atoms with Gasteiger partial charge in [0.25, 0.3) is 5.56 Å². The third-order valence-corrected chi connectivity index (χ3v) is 2.46. The minimum Gasteiger partial charge on any atom is -0.355 e. The molecule has 1 aromatic heterocycles. The molecule has 4 nitrogen and oxygen atoms in total. The number of rotatable bonds is 1. The molecule has 4 heteroatoms. The van der Waals surface area contributed by atoms with E-state index in [9.17, 15) is 4.79 Å². The van der Waals surface area contributed by atoms with Crippen molar-refractivity contribution in [3.8, 4) is 0 Å². The minimum absolute atomic E-state index is 0.0610. The first-order chi connectivity index (χ1) is 6.68. The van der Waals surface area contributed by atoms with E-state index in [1.165, 1.54) is 0 Å². The molecule has 0 saturated heterocycles. The average molecular weight is 193 g/mol. The van der Waals surface area contributed by atoms with Gasteiger partial charge in [0.15, 0.2) is 0 Å². The Bertz CT molecular complexity index is 395. The van der Waals surface area contributed by atoms with Gasteiger partial charge >= 0.3 is 0 Å². The fraction of sp³-hybridized carbons (Fsp3) is 0.600. The van der Waals surface area contributed by atoms with Gasteiger partial charge in [0.1, 0.15) is 0 Å². The predicted molar refractivity (Wildman–Crippen MR) is 55.7 cm³/mol. The highest BCUT2D eigenvalue weighted by Crippen LogP contribution is 2.14. The van der Waals surface area contributed by atoms with Crippen molar-refractivity contribution in [2.24, 2.45) is 0 Å². The molecular formula is C10H15N3O. The first-order valence-corrected chi connectivity index (χ1v) is 5.04. The molecule has 1 aliphatic rings. The molecule has 0 aliphatic carbocycles. The molecule has 0 atom stereocenters. The molecular weight excluding hydrogens is 178 g/mol. The molecule has 0 saturated carbocycles. The highest BCUT2D eigenvalue weighted by atomic mass is 16.1. The second kappa shape index (κ2) is 3.44. The SMILES string of the molecule is CC(C)c1cc(=O)n2c(n1)NCCC2. The zero-order chi connectivity index (χ0) is 10.1.